The molecule has 8 nitrogen and oxygen atoms in total. The zero-order chi connectivity index (χ0) is 27.4. The molecule has 1 aliphatic rings. The summed E-state index contributed by atoms with van der Waals surface area (Å²) in [5.41, 5.74) is 7.01. The molecule has 216 valence electrons. The Morgan fingerprint density at radius 3 is 1.95 bits per heavy atom. The molecular formula is C30H51N3O5. The SMILES string of the molecule is CCCCOCC1(COCCCC)OC(C)(c2ccc3c(N)ccnn23)[C@H](OCCCC)[C@@H]1OCCCC. The maximum Gasteiger partial charge on any atom is 0.145 e. The summed E-state index contributed by atoms with van der Waals surface area (Å²) in [6.45, 7) is 14.1. The van der Waals surface area contributed by atoms with Crippen molar-refractivity contribution in [1.82, 2.24) is 9.61 Å². The van der Waals surface area contributed by atoms with Gasteiger partial charge < -0.3 is 29.4 Å². The average Bonchev–Trinajstić information content (AvgIpc) is 3.45. The molecule has 2 aromatic heterocycles. The van der Waals surface area contributed by atoms with Crippen LogP contribution in [0.3, 0.4) is 0 Å². The molecule has 2 aromatic rings. The summed E-state index contributed by atoms with van der Waals surface area (Å²) in [7, 11) is 0. The minimum absolute atomic E-state index is 0.370. The van der Waals surface area contributed by atoms with Crippen molar-refractivity contribution in [2.24, 2.45) is 0 Å². The van der Waals surface area contributed by atoms with Crippen molar-refractivity contribution in [3.05, 3.63) is 30.1 Å². The summed E-state index contributed by atoms with van der Waals surface area (Å²) in [6.07, 6.45) is 9.12. The number of ether oxygens (including phenoxy) is 5. The summed E-state index contributed by atoms with van der Waals surface area (Å²) in [5, 5.41) is 4.64. The molecule has 3 rings (SSSR count). The predicted molar refractivity (Wildman–Crippen MR) is 152 cm³/mol. The van der Waals surface area contributed by atoms with E-state index < -0.39 is 11.2 Å². The Morgan fingerprint density at radius 1 is 0.816 bits per heavy atom. The Bertz CT molecular complexity index is 939. The lowest BCUT2D eigenvalue weighted by molar-refractivity contribution is -0.192. The third-order valence-electron chi connectivity index (χ3n) is 7.42. The first-order valence-electron chi connectivity index (χ1n) is 14.8. The minimum atomic E-state index is -0.861. The third kappa shape index (κ3) is 7.07. The summed E-state index contributed by atoms with van der Waals surface area (Å²) in [5.74, 6) is 0. The Labute approximate surface area is 229 Å². The van der Waals surface area contributed by atoms with E-state index in [1.165, 1.54) is 0 Å². The monoisotopic (exact) mass is 533 g/mol. The first-order valence-corrected chi connectivity index (χ1v) is 14.8. The largest absolute Gasteiger partial charge is 0.397 e. The van der Waals surface area contributed by atoms with Crippen LogP contribution in [0.25, 0.3) is 5.52 Å². The number of rotatable bonds is 19. The van der Waals surface area contributed by atoms with Gasteiger partial charge in [-0.3, -0.25) is 0 Å². The molecule has 3 atom stereocenters. The molecule has 0 radical (unpaired) electrons. The van der Waals surface area contributed by atoms with Crippen LogP contribution in [0.1, 0.15) is 91.7 Å². The topological polar surface area (TPSA) is 89.5 Å². The molecule has 0 spiro atoms. The summed E-state index contributed by atoms with van der Waals surface area (Å²) >= 11 is 0. The van der Waals surface area contributed by atoms with Crippen molar-refractivity contribution in [3.8, 4) is 0 Å². The zero-order valence-electron chi connectivity index (χ0n) is 24.4. The van der Waals surface area contributed by atoms with Crippen LogP contribution in [0.2, 0.25) is 0 Å². The third-order valence-corrected chi connectivity index (χ3v) is 7.42. The Balaban J connectivity index is 2.07. The lowest BCUT2D eigenvalue weighted by Crippen LogP contribution is -2.53. The second-order valence-electron chi connectivity index (χ2n) is 10.7. The van der Waals surface area contributed by atoms with E-state index >= 15 is 0 Å². The summed E-state index contributed by atoms with van der Waals surface area (Å²) < 4.78 is 34.9. The summed E-state index contributed by atoms with van der Waals surface area (Å²) in [6, 6.07) is 5.86. The van der Waals surface area contributed by atoms with Gasteiger partial charge in [-0.2, -0.15) is 5.10 Å². The fraction of sp³-hybridized carbons (Fsp3) is 0.767. The molecule has 38 heavy (non-hydrogen) atoms. The fourth-order valence-electron chi connectivity index (χ4n) is 5.16. The number of unbranched alkanes of at least 4 members (excludes halogenated alkanes) is 4. The van der Waals surface area contributed by atoms with Gasteiger partial charge in [0.05, 0.1) is 30.1 Å². The van der Waals surface area contributed by atoms with Gasteiger partial charge in [0.15, 0.2) is 0 Å². The lowest BCUT2D eigenvalue weighted by Gasteiger charge is -2.35. The minimum Gasteiger partial charge on any atom is -0.397 e. The van der Waals surface area contributed by atoms with E-state index in [4.69, 9.17) is 29.4 Å². The highest BCUT2D eigenvalue weighted by atomic mass is 16.6. The van der Waals surface area contributed by atoms with Gasteiger partial charge >= 0.3 is 0 Å². The second kappa shape index (κ2) is 15.2. The molecule has 0 aromatic carbocycles. The van der Waals surface area contributed by atoms with E-state index in [-0.39, 0.29) is 12.2 Å². The van der Waals surface area contributed by atoms with Crippen LogP contribution >= 0.6 is 0 Å². The van der Waals surface area contributed by atoms with E-state index in [9.17, 15) is 0 Å². The molecule has 0 bridgehead atoms. The summed E-state index contributed by atoms with van der Waals surface area (Å²) in [4.78, 5) is 0. The maximum atomic E-state index is 7.17. The van der Waals surface area contributed by atoms with Crippen LogP contribution in [0, 0.1) is 0 Å². The van der Waals surface area contributed by atoms with Crippen LogP contribution in [-0.4, -0.2) is 67.1 Å². The van der Waals surface area contributed by atoms with Gasteiger partial charge in [0.1, 0.15) is 23.4 Å². The van der Waals surface area contributed by atoms with E-state index in [1.807, 2.05) is 22.7 Å². The van der Waals surface area contributed by atoms with Gasteiger partial charge in [0.25, 0.3) is 0 Å². The first-order chi connectivity index (χ1) is 18.5. The number of fused-ring (bicyclic) bond motifs is 1. The van der Waals surface area contributed by atoms with Crippen molar-refractivity contribution < 1.29 is 23.7 Å². The quantitative estimate of drug-likeness (QED) is 0.225. The zero-order valence-corrected chi connectivity index (χ0v) is 24.4. The van der Waals surface area contributed by atoms with Crippen molar-refractivity contribution in [1.29, 1.82) is 0 Å². The van der Waals surface area contributed by atoms with E-state index in [1.54, 1.807) is 6.20 Å². The Morgan fingerprint density at radius 2 is 1.37 bits per heavy atom. The number of aromatic nitrogens is 2. The molecule has 1 aliphatic heterocycles. The van der Waals surface area contributed by atoms with Gasteiger partial charge in [-0.1, -0.05) is 53.4 Å². The van der Waals surface area contributed by atoms with Crippen LogP contribution in [0.4, 0.5) is 5.69 Å². The highest BCUT2D eigenvalue weighted by molar-refractivity contribution is 5.69. The lowest BCUT2D eigenvalue weighted by atomic mass is 9.88. The van der Waals surface area contributed by atoms with Crippen molar-refractivity contribution in [2.45, 2.75) is 109 Å². The van der Waals surface area contributed by atoms with Gasteiger partial charge in [-0.25, -0.2) is 4.52 Å². The second-order valence-corrected chi connectivity index (χ2v) is 10.7. The molecule has 2 N–H and O–H groups in total. The number of nitrogens with two attached hydrogens (primary N) is 1. The number of nitrogen functional groups attached to an aromatic ring is 1. The highest BCUT2D eigenvalue weighted by Gasteiger charge is 2.64. The highest BCUT2D eigenvalue weighted by Crippen LogP contribution is 2.49. The average molecular weight is 534 g/mol. The smallest absolute Gasteiger partial charge is 0.145 e. The first kappa shape index (κ1) is 30.8. The van der Waals surface area contributed by atoms with Gasteiger partial charge in [0, 0.05) is 32.6 Å². The molecule has 0 saturated carbocycles. The standard InChI is InChI=1S/C30H51N3O5/c1-6-10-18-34-22-30(23-35-19-11-7-2)28(37-21-13-9-4)27(36-20-12-8-3)29(5,38-30)26-15-14-25-24(31)16-17-32-33(25)26/h14-17,27-28H,6-13,18-23,31H2,1-5H3/t27-,28+,29?/m1/s1. The number of anilines is 1. The van der Waals surface area contributed by atoms with Gasteiger partial charge in [-0.05, 0) is 50.8 Å². The molecule has 0 amide bonds. The fourth-order valence-corrected chi connectivity index (χ4v) is 5.16. The van der Waals surface area contributed by atoms with Crippen molar-refractivity contribution in [3.63, 3.8) is 0 Å². The van der Waals surface area contributed by atoms with Crippen LogP contribution < -0.4 is 5.73 Å². The molecule has 0 aliphatic carbocycles. The van der Waals surface area contributed by atoms with Gasteiger partial charge in [0.2, 0.25) is 0 Å². The van der Waals surface area contributed by atoms with E-state index in [2.05, 4.69) is 39.7 Å². The molecule has 1 fully saturated rings. The van der Waals surface area contributed by atoms with E-state index in [0.29, 0.717) is 45.3 Å². The number of hydrogen-bond acceptors (Lipinski definition) is 7. The Hall–Kier alpha value is -1.71. The molecule has 1 saturated heterocycles. The molecule has 8 heteroatoms. The van der Waals surface area contributed by atoms with Crippen LogP contribution in [0.15, 0.2) is 24.4 Å². The molecular weight excluding hydrogens is 482 g/mol. The van der Waals surface area contributed by atoms with Crippen LogP contribution in [0.5, 0.6) is 0 Å². The van der Waals surface area contributed by atoms with Gasteiger partial charge in [-0.15, -0.1) is 0 Å². The Kier molecular flexibility index (Phi) is 12.3. The normalized spacial score (nSPS) is 23.0. The van der Waals surface area contributed by atoms with Crippen molar-refractivity contribution in [2.75, 3.05) is 45.4 Å². The van der Waals surface area contributed by atoms with Crippen LogP contribution in [-0.2, 0) is 29.3 Å². The molecule has 3 heterocycles. The van der Waals surface area contributed by atoms with E-state index in [0.717, 1.165) is 62.6 Å². The molecule has 1 unspecified atom stereocenters. The number of hydrogen-bond donors (Lipinski definition) is 1. The number of nitrogens with zero attached hydrogens (tertiary/aromatic N) is 2. The maximum absolute atomic E-state index is 7.17. The van der Waals surface area contributed by atoms with Crippen molar-refractivity contribution >= 4 is 11.2 Å². The predicted octanol–water partition coefficient (Wildman–Crippen LogP) is 5.90.